The maximum absolute atomic E-state index is 13.3. The molecule has 0 aromatic carbocycles. The SMILES string of the molecule is CC[C@H]1OC(=O)[C@H](C)[C@@H](O)[C@H](C)[C@@H](O[C@@H]2O[C@H](C)C[C@H](N(C)C(=O)c3ccco3)[C@H]2O)[C@](C)(O)C[C@@H](C)[C@H](O)[C@H](C)[C@@H](O)[C@]1(C)O. The Morgan fingerprint density at radius 3 is 2.22 bits per heavy atom. The van der Waals surface area contributed by atoms with Crippen molar-refractivity contribution < 1.29 is 58.9 Å². The van der Waals surface area contributed by atoms with Crippen molar-refractivity contribution in [3.63, 3.8) is 0 Å². The van der Waals surface area contributed by atoms with E-state index in [2.05, 4.69) is 0 Å². The molecule has 0 bridgehead atoms. The third-order valence-corrected chi connectivity index (χ3v) is 10.2. The van der Waals surface area contributed by atoms with Crippen molar-refractivity contribution in [1.29, 1.82) is 0 Å². The number of hydrogen-bond acceptors (Lipinski definition) is 12. The van der Waals surface area contributed by atoms with Crippen LogP contribution in [0.1, 0.15) is 85.2 Å². The zero-order valence-corrected chi connectivity index (χ0v) is 28.4. The molecule has 3 rings (SSSR count). The lowest BCUT2D eigenvalue weighted by Gasteiger charge is -2.47. The smallest absolute Gasteiger partial charge is 0.311 e. The maximum Gasteiger partial charge on any atom is 0.311 e. The third-order valence-electron chi connectivity index (χ3n) is 10.2. The molecule has 0 unspecified atom stereocenters. The fraction of sp³-hybridized carbons (Fsp3) is 0.818. The Morgan fingerprint density at radius 2 is 1.65 bits per heavy atom. The molecule has 13 heteroatoms. The van der Waals surface area contributed by atoms with Crippen LogP contribution in [0.4, 0.5) is 0 Å². The van der Waals surface area contributed by atoms with Gasteiger partial charge in [-0.25, -0.2) is 0 Å². The van der Waals surface area contributed by atoms with Gasteiger partial charge < -0.3 is 54.2 Å². The van der Waals surface area contributed by atoms with E-state index in [4.69, 9.17) is 18.6 Å². The van der Waals surface area contributed by atoms with Gasteiger partial charge in [0.1, 0.15) is 17.8 Å². The maximum atomic E-state index is 13.3. The molecule has 2 aliphatic heterocycles. The Balaban J connectivity index is 1.99. The van der Waals surface area contributed by atoms with Crippen molar-refractivity contribution in [3.05, 3.63) is 24.2 Å². The predicted octanol–water partition coefficient (Wildman–Crippen LogP) is 1.46. The standard InChI is InChI=1S/C33H55NO12/c1-10-23-33(8,42)27(38)18(4)24(35)16(2)15-32(7,41)28(19(5)25(36)20(6)30(40)45-23)46-31-26(37)21(14-17(3)44-31)34(9)29(39)22-12-11-13-43-22/h11-13,16-21,23-28,31,35-38,41-42H,10,14-15H2,1-9H3/t16-,17-,18+,19+,20-,21+,23-,24+,25+,26-,27-,28-,31+,32-,33-/m1/s1. The number of likely N-dealkylation sites (N-methyl/N-ethyl adjacent to an activating group) is 1. The number of nitrogens with zero attached hydrogens (tertiary/aromatic N) is 1. The Hall–Kier alpha value is -2.10. The minimum Gasteiger partial charge on any atom is -0.459 e. The number of aliphatic hydroxyl groups is 6. The number of rotatable bonds is 5. The molecule has 264 valence electrons. The summed E-state index contributed by atoms with van der Waals surface area (Å²) in [6.07, 6.45) is -8.07. The van der Waals surface area contributed by atoms with E-state index >= 15 is 0 Å². The average Bonchev–Trinajstić information content (AvgIpc) is 3.55. The highest BCUT2D eigenvalue weighted by molar-refractivity contribution is 5.91. The van der Waals surface area contributed by atoms with Gasteiger partial charge in [-0.15, -0.1) is 0 Å². The highest BCUT2D eigenvalue weighted by Crippen LogP contribution is 2.38. The van der Waals surface area contributed by atoms with Crippen molar-refractivity contribution in [2.24, 2.45) is 23.7 Å². The van der Waals surface area contributed by atoms with Crippen molar-refractivity contribution in [3.8, 4) is 0 Å². The molecule has 0 aliphatic carbocycles. The molecule has 1 aromatic rings. The summed E-state index contributed by atoms with van der Waals surface area (Å²) >= 11 is 0. The van der Waals surface area contributed by atoms with Crippen LogP contribution in [-0.4, -0.2) is 121 Å². The van der Waals surface area contributed by atoms with Gasteiger partial charge in [-0.3, -0.25) is 9.59 Å². The second-order valence-corrected chi connectivity index (χ2v) is 14.1. The largest absolute Gasteiger partial charge is 0.459 e. The number of carbonyl (C=O) groups is 2. The second kappa shape index (κ2) is 15.0. The van der Waals surface area contributed by atoms with Crippen LogP contribution in [0.15, 0.2) is 22.8 Å². The molecule has 1 aromatic heterocycles. The van der Waals surface area contributed by atoms with Gasteiger partial charge in [0, 0.05) is 18.9 Å². The second-order valence-electron chi connectivity index (χ2n) is 14.1. The highest BCUT2D eigenvalue weighted by Gasteiger charge is 2.51. The molecule has 2 aliphatic rings. The summed E-state index contributed by atoms with van der Waals surface area (Å²) < 4.78 is 23.2. The van der Waals surface area contributed by atoms with E-state index in [9.17, 15) is 40.2 Å². The Morgan fingerprint density at radius 1 is 1.02 bits per heavy atom. The minimum absolute atomic E-state index is 0.0934. The summed E-state index contributed by atoms with van der Waals surface area (Å²) in [6.45, 7) is 12.5. The summed E-state index contributed by atoms with van der Waals surface area (Å²) in [5.74, 6) is -4.86. The first kappa shape index (κ1) is 38.3. The topological polar surface area (TPSA) is 200 Å². The molecule has 0 saturated carbocycles. The van der Waals surface area contributed by atoms with Gasteiger partial charge in [0.2, 0.25) is 0 Å². The molecular weight excluding hydrogens is 602 g/mol. The van der Waals surface area contributed by atoms with Gasteiger partial charge in [-0.2, -0.15) is 0 Å². The fourth-order valence-electron chi connectivity index (χ4n) is 7.19. The van der Waals surface area contributed by atoms with Crippen molar-refractivity contribution >= 4 is 11.9 Å². The number of ether oxygens (including phenoxy) is 3. The monoisotopic (exact) mass is 657 g/mol. The average molecular weight is 658 g/mol. The molecule has 46 heavy (non-hydrogen) atoms. The van der Waals surface area contributed by atoms with Crippen LogP contribution in [-0.2, 0) is 19.0 Å². The van der Waals surface area contributed by atoms with Crippen LogP contribution in [0, 0.1) is 23.7 Å². The van der Waals surface area contributed by atoms with Crippen LogP contribution < -0.4 is 0 Å². The van der Waals surface area contributed by atoms with Gasteiger partial charge in [0.25, 0.3) is 5.91 Å². The summed E-state index contributed by atoms with van der Waals surface area (Å²) in [5.41, 5.74) is -3.71. The van der Waals surface area contributed by atoms with Crippen molar-refractivity contribution in [1.82, 2.24) is 4.90 Å². The quantitative estimate of drug-likeness (QED) is 0.250. The van der Waals surface area contributed by atoms with E-state index in [0.29, 0.717) is 0 Å². The first-order valence-corrected chi connectivity index (χ1v) is 16.2. The number of aliphatic hydroxyl groups excluding tert-OH is 4. The molecule has 3 heterocycles. The van der Waals surface area contributed by atoms with Crippen LogP contribution in [0.25, 0.3) is 0 Å². The van der Waals surface area contributed by atoms with E-state index in [1.807, 2.05) is 0 Å². The van der Waals surface area contributed by atoms with Crippen LogP contribution in [0.3, 0.4) is 0 Å². The Bertz CT molecular complexity index is 1140. The third kappa shape index (κ3) is 7.95. The van der Waals surface area contributed by atoms with E-state index in [1.54, 1.807) is 40.7 Å². The van der Waals surface area contributed by atoms with Crippen molar-refractivity contribution in [2.45, 2.75) is 141 Å². The Labute approximate surface area is 271 Å². The molecule has 0 spiro atoms. The molecule has 2 saturated heterocycles. The first-order valence-electron chi connectivity index (χ1n) is 16.2. The molecule has 2 fully saturated rings. The zero-order chi connectivity index (χ0) is 34.9. The number of amides is 1. The summed E-state index contributed by atoms with van der Waals surface area (Å²) in [4.78, 5) is 27.7. The number of hydrogen-bond donors (Lipinski definition) is 6. The van der Waals surface area contributed by atoms with Gasteiger partial charge >= 0.3 is 5.97 Å². The van der Waals surface area contributed by atoms with Crippen LogP contribution >= 0.6 is 0 Å². The van der Waals surface area contributed by atoms with E-state index < -0.39 is 102 Å². The molecule has 6 N–H and O–H groups in total. The zero-order valence-electron chi connectivity index (χ0n) is 28.4. The first-order chi connectivity index (χ1) is 21.3. The molecular formula is C33H55NO12. The lowest BCUT2D eigenvalue weighted by molar-refractivity contribution is -0.299. The number of esters is 1. The van der Waals surface area contributed by atoms with E-state index in [0.717, 1.165) is 0 Å². The normalized spacial score (nSPS) is 45.0. The fourth-order valence-corrected chi connectivity index (χ4v) is 7.19. The van der Waals surface area contributed by atoms with Gasteiger partial charge in [-0.05, 0) is 65.0 Å². The van der Waals surface area contributed by atoms with E-state index in [1.165, 1.54) is 45.0 Å². The summed E-state index contributed by atoms with van der Waals surface area (Å²) in [7, 11) is 1.53. The summed E-state index contributed by atoms with van der Waals surface area (Å²) in [6, 6.07) is 2.34. The molecule has 1 amide bonds. The number of furan rings is 1. The minimum atomic E-state index is -1.92. The van der Waals surface area contributed by atoms with Gasteiger partial charge in [-0.1, -0.05) is 27.7 Å². The van der Waals surface area contributed by atoms with Gasteiger partial charge in [0.05, 0.1) is 54.3 Å². The van der Waals surface area contributed by atoms with Crippen LogP contribution in [0.2, 0.25) is 0 Å². The molecule has 13 nitrogen and oxygen atoms in total. The van der Waals surface area contributed by atoms with E-state index in [-0.39, 0.29) is 25.0 Å². The van der Waals surface area contributed by atoms with Crippen molar-refractivity contribution in [2.75, 3.05) is 7.05 Å². The predicted molar refractivity (Wildman–Crippen MR) is 165 cm³/mol. The Kier molecular flexibility index (Phi) is 12.5. The molecule has 15 atom stereocenters. The lowest BCUT2D eigenvalue weighted by Crippen LogP contribution is -2.61. The van der Waals surface area contributed by atoms with Gasteiger partial charge in [0.15, 0.2) is 12.1 Å². The molecule has 0 radical (unpaired) electrons. The van der Waals surface area contributed by atoms with Crippen LogP contribution in [0.5, 0.6) is 0 Å². The lowest BCUT2D eigenvalue weighted by atomic mass is 9.73. The number of cyclic esters (lactones) is 1. The highest BCUT2D eigenvalue weighted by atomic mass is 16.7. The number of carbonyl (C=O) groups excluding carboxylic acids is 2. The summed E-state index contributed by atoms with van der Waals surface area (Å²) in [5, 5.41) is 68.7.